The third-order valence-electron chi connectivity index (χ3n) is 3.42. The van der Waals surface area contributed by atoms with Crippen LogP contribution in [0.2, 0.25) is 0 Å². The van der Waals surface area contributed by atoms with E-state index >= 15 is 0 Å². The monoisotopic (exact) mass is 352 g/mol. The molecular weight excluding hydrogens is 329 g/mol. The van der Waals surface area contributed by atoms with Gasteiger partial charge < -0.3 is 4.74 Å². The Morgan fingerprint density at radius 2 is 1.88 bits per heavy atom. The predicted octanol–water partition coefficient (Wildman–Crippen LogP) is 5.90. The zero-order chi connectivity index (χ0) is 19.1. The summed E-state index contributed by atoms with van der Waals surface area (Å²) in [6.45, 7) is 10.4. The van der Waals surface area contributed by atoms with Crippen molar-refractivity contribution >= 4 is 11.5 Å². The van der Waals surface area contributed by atoms with Crippen molar-refractivity contribution in [2.24, 2.45) is 0 Å². The Kier molecular flexibility index (Phi) is 7.68. The molecule has 0 saturated carbocycles. The standard InChI is InChI=1S/C20H23F3O2/c1-6-25-18(24)8-7-16(21)20(23)15(9-12(2)3)19-14(5)10-13(4)11-17(19)22/h9-11H,2,6-8H2,1,3-5H3/b15-9-,20-16+. The minimum Gasteiger partial charge on any atom is -0.466 e. The van der Waals surface area contributed by atoms with Crippen LogP contribution in [0, 0.1) is 19.7 Å². The van der Waals surface area contributed by atoms with E-state index in [4.69, 9.17) is 4.74 Å². The van der Waals surface area contributed by atoms with E-state index in [9.17, 15) is 18.0 Å². The molecule has 1 rings (SSSR count). The summed E-state index contributed by atoms with van der Waals surface area (Å²) in [4.78, 5) is 11.3. The van der Waals surface area contributed by atoms with Gasteiger partial charge in [0.05, 0.1) is 13.0 Å². The van der Waals surface area contributed by atoms with Crippen LogP contribution in [0.15, 0.2) is 42.0 Å². The van der Waals surface area contributed by atoms with Crippen molar-refractivity contribution in [3.63, 3.8) is 0 Å². The average molecular weight is 352 g/mol. The van der Waals surface area contributed by atoms with Gasteiger partial charge in [0, 0.05) is 17.6 Å². The number of carbonyl (C=O) groups is 1. The first-order valence-corrected chi connectivity index (χ1v) is 8.01. The molecular formula is C20H23F3O2. The molecule has 0 heterocycles. The molecule has 0 unspecified atom stereocenters. The molecule has 1 aromatic carbocycles. The predicted molar refractivity (Wildman–Crippen MR) is 93.8 cm³/mol. The van der Waals surface area contributed by atoms with Gasteiger partial charge in [-0.1, -0.05) is 18.2 Å². The lowest BCUT2D eigenvalue weighted by molar-refractivity contribution is -0.143. The molecule has 0 radical (unpaired) electrons. The highest BCUT2D eigenvalue weighted by Gasteiger charge is 2.20. The van der Waals surface area contributed by atoms with Crippen LogP contribution >= 0.6 is 0 Å². The third-order valence-corrected chi connectivity index (χ3v) is 3.42. The molecule has 0 saturated heterocycles. The molecule has 0 amide bonds. The van der Waals surface area contributed by atoms with Crippen molar-refractivity contribution in [2.75, 3.05) is 6.61 Å². The molecule has 0 atom stereocenters. The molecule has 0 spiro atoms. The van der Waals surface area contributed by atoms with Crippen LogP contribution in [-0.2, 0) is 9.53 Å². The number of ether oxygens (including phenoxy) is 1. The quantitative estimate of drug-likeness (QED) is 0.451. The molecule has 1 aromatic rings. The highest BCUT2D eigenvalue weighted by Crippen LogP contribution is 2.34. The lowest BCUT2D eigenvalue weighted by Crippen LogP contribution is -2.04. The van der Waals surface area contributed by atoms with Crippen molar-refractivity contribution in [1.82, 2.24) is 0 Å². The molecule has 136 valence electrons. The van der Waals surface area contributed by atoms with Crippen molar-refractivity contribution in [3.8, 4) is 0 Å². The smallest absolute Gasteiger partial charge is 0.306 e. The maximum atomic E-state index is 14.7. The second-order valence-corrected chi connectivity index (χ2v) is 5.87. The molecule has 0 N–H and O–H groups in total. The number of aryl methyl sites for hydroxylation is 2. The van der Waals surface area contributed by atoms with Crippen LogP contribution in [0.25, 0.3) is 5.57 Å². The second kappa shape index (κ2) is 9.25. The van der Waals surface area contributed by atoms with Gasteiger partial charge in [0.15, 0.2) is 5.83 Å². The van der Waals surface area contributed by atoms with Crippen molar-refractivity contribution < 1.29 is 22.7 Å². The molecule has 5 heteroatoms. The summed E-state index contributed by atoms with van der Waals surface area (Å²) in [6.07, 6.45) is 0.549. The normalized spacial score (nSPS) is 12.7. The highest BCUT2D eigenvalue weighted by atomic mass is 19.2. The number of hydrogen-bond acceptors (Lipinski definition) is 2. The van der Waals surface area contributed by atoms with Crippen LogP contribution in [-0.4, -0.2) is 12.6 Å². The Labute approximate surface area is 146 Å². The largest absolute Gasteiger partial charge is 0.466 e. The number of halogens is 3. The first kappa shape index (κ1) is 20.7. The number of esters is 1. The minimum absolute atomic E-state index is 0.0163. The molecule has 25 heavy (non-hydrogen) atoms. The van der Waals surface area contributed by atoms with Crippen LogP contribution in [0.4, 0.5) is 13.2 Å². The van der Waals surface area contributed by atoms with Gasteiger partial charge in [0.2, 0.25) is 0 Å². The van der Waals surface area contributed by atoms with Crippen molar-refractivity contribution in [2.45, 2.75) is 40.5 Å². The van der Waals surface area contributed by atoms with E-state index in [-0.39, 0.29) is 24.2 Å². The number of allylic oxidation sites excluding steroid dienone is 5. The van der Waals surface area contributed by atoms with E-state index in [0.29, 0.717) is 16.7 Å². The minimum atomic E-state index is -1.20. The molecule has 0 aliphatic rings. The lowest BCUT2D eigenvalue weighted by Gasteiger charge is -2.13. The number of rotatable bonds is 7. The number of carbonyl (C=O) groups excluding carboxylic acids is 1. The Bertz CT molecular complexity index is 707. The topological polar surface area (TPSA) is 26.3 Å². The van der Waals surface area contributed by atoms with Crippen molar-refractivity contribution in [3.05, 3.63) is 64.5 Å². The summed E-state index contributed by atoms with van der Waals surface area (Å²) >= 11 is 0. The zero-order valence-corrected chi connectivity index (χ0v) is 15.0. The lowest BCUT2D eigenvalue weighted by atomic mass is 9.95. The zero-order valence-electron chi connectivity index (χ0n) is 15.0. The van der Waals surface area contributed by atoms with Crippen LogP contribution in [0.5, 0.6) is 0 Å². The SMILES string of the molecule is C=C(C)/C=C(\C(F)=C(/F)CCC(=O)OCC)c1c(C)cc(C)cc1F. The molecule has 0 aliphatic carbocycles. The maximum absolute atomic E-state index is 14.7. The average Bonchev–Trinajstić information content (AvgIpc) is 2.49. The molecule has 0 fully saturated rings. The first-order valence-electron chi connectivity index (χ1n) is 8.01. The van der Waals surface area contributed by atoms with Crippen LogP contribution in [0.3, 0.4) is 0 Å². The first-order chi connectivity index (χ1) is 11.7. The molecule has 0 bridgehead atoms. The fourth-order valence-corrected chi connectivity index (χ4v) is 2.45. The summed E-state index contributed by atoms with van der Waals surface area (Å²) in [5, 5.41) is 0. The van der Waals surface area contributed by atoms with Gasteiger partial charge in [-0.05, 0) is 51.0 Å². The van der Waals surface area contributed by atoms with Gasteiger partial charge in [-0.2, -0.15) is 0 Å². The fourth-order valence-electron chi connectivity index (χ4n) is 2.45. The summed E-state index contributed by atoms with van der Waals surface area (Å²) in [5.41, 5.74) is 1.38. The summed E-state index contributed by atoms with van der Waals surface area (Å²) in [7, 11) is 0. The van der Waals surface area contributed by atoms with Gasteiger partial charge in [-0.25, -0.2) is 13.2 Å². The van der Waals surface area contributed by atoms with Gasteiger partial charge in [-0.3, -0.25) is 4.79 Å². The Balaban J connectivity index is 3.30. The van der Waals surface area contributed by atoms with E-state index in [1.54, 1.807) is 33.8 Å². The summed E-state index contributed by atoms with van der Waals surface area (Å²) in [6, 6.07) is 2.95. The second-order valence-electron chi connectivity index (χ2n) is 5.87. The van der Waals surface area contributed by atoms with Gasteiger partial charge in [-0.15, -0.1) is 0 Å². The fraction of sp³-hybridized carbons (Fsp3) is 0.350. The summed E-state index contributed by atoms with van der Waals surface area (Å²) in [5.74, 6) is -3.58. The van der Waals surface area contributed by atoms with Gasteiger partial charge in [0.1, 0.15) is 11.6 Å². The number of benzene rings is 1. The maximum Gasteiger partial charge on any atom is 0.306 e. The van der Waals surface area contributed by atoms with Crippen LogP contribution < -0.4 is 0 Å². The van der Waals surface area contributed by atoms with E-state index in [1.807, 2.05) is 0 Å². The Hall–Kier alpha value is -2.30. The van der Waals surface area contributed by atoms with Gasteiger partial charge in [0.25, 0.3) is 0 Å². The number of hydrogen-bond donors (Lipinski definition) is 0. The molecule has 0 aromatic heterocycles. The van der Waals surface area contributed by atoms with E-state index in [1.165, 1.54) is 12.1 Å². The molecule has 0 aliphatic heterocycles. The van der Waals surface area contributed by atoms with Crippen LogP contribution in [0.1, 0.15) is 43.4 Å². The highest BCUT2D eigenvalue weighted by molar-refractivity contribution is 5.81. The molecule has 2 nitrogen and oxygen atoms in total. The Morgan fingerprint density at radius 3 is 2.40 bits per heavy atom. The van der Waals surface area contributed by atoms with Crippen molar-refractivity contribution in [1.29, 1.82) is 0 Å². The van der Waals surface area contributed by atoms with Gasteiger partial charge >= 0.3 is 5.97 Å². The van der Waals surface area contributed by atoms with E-state index in [0.717, 1.165) is 0 Å². The van der Waals surface area contributed by atoms with E-state index < -0.39 is 29.9 Å². The third kappa shape index (κ3) is 5.93. The Morgan fingerprint density at radius 1 is 1.24 bits per heavy atom. The summed E-state index contributed by atoms with van der Waals surface area (Å²) < 4.78 is 48.0. The van der Waals surface area contributed by atoms with E-state index in [2.05, 4.69) is 6.58 Å².